The Kier molecular flexibility index (Phi) is 3.14. The average molecular weight is 226 g/mol. The van der Waals surface area contributed by atoms with Crippen LogP contribution in [0.15, 0.2) is 6.07 Å². The van der Waals surface area contributed by atoms with E-state index in [9.17, 15) is 5.11 Å². The topological polar surface area (TPSA) is 29.5 Å². The summed E-state index contributed by atoms with van der Waals surface area (Å²) in [6.07, 6.45) is 0.928. The van der Waals surface area contributed by atoms with Crippen molar-refractivity contribution in [3.05, 3.63) is 21.4 Å². The highest BCUT2D eigenvalue weighted by Crippen LogP contribution is 2.36. The van der Waals surface area contributed by atoms with Gasteiger partial charge < -0.3 is 9.84 Å². The van der Waals surface area contributed by atoms with E-state index in [1.165, 1.54) is 10.4 Å². The van der Waals surface area contributed by atoms with Crippen LogP contribution in [0, 0.1) is 19.8 Å². The van der Waals surface area contributed by atoms with Gasteiger partial charge in [0.1, 0.15) is 0 Å². The fraction of sp³-hybridized carbons (Fsp3) is 0.667. The lowest BCUT2D eigenvalue weighted by Crippen LogP contribution is -2.12. The van der Waals surface area contributed by atoms with E-state index in [0.717, 1.165) is 11.3 Å². The molecule has 3 atom stereocenters. The molecule has 3 heteroatoms. The number of thiophene rings is 1. The third-order valence-corrected chi connectivity index (χ3v) is 4.25. The van der Waals surface area contributed by atoms with Crippen molar-refractivity contribution in [2.24, 2.45) is 5.92 Å². The summed E-state index contributed by atoms with van der Waals surface area (Å²) in [4.78, 5) is 2.39. The van der Waals surface area contributed by atoms with Crippen molar-refractivity contribution >= 4 is 11.3 Å². The minimum atomic E-state index is -0.339. The molecule has 1 N–H and O–H groups in total. The quantitative estimate of drug-likeness (QED) is 0.840. The van der Waals surface area contributed by atoms with E-state index in [1.807, 2.05) is 0 Å². The third kappa shape index (κ3) is 2.25. The second-order valence-electron chi connectivity index (χ2n) is 4.49. The molecule has 1 aliphatic rings. The normalized spacial score (nSPS) is 28.3. The van der Waals surface area contributed by atoms with Crippen LogP contribution in [0.4, 0.5) is 0 Å². The summed E-state index contributed by atoms with van der Waals surface area (Å²) in [5.74, 6) is 0.275. The minimum Gasteiger partial charge on any atom is -0.387 e. The van der Waals surface area contributed by atoms with Crippen LogP contribution in [-0.2, 0) is 4.74 Å². The molecule has 0 amide bonds. The van der Waals surface area contributed by atoms with Crippen LogP contribution >= 0.6 is 11.3 Å². The summed E-state index contributed by atoms with van der Waals surface area (Å²) in [6, 6.07) is 2.14. The molecule has 0 aromatic carbocycles. The zero-order valence-corrected chi connectivity index (χ0v) is 10.3. The molecular weight excluding hydrogens is 208 g/mol. The maximum Gasteiger partial charge on any atom is 0.0935 e. The van der Waals surface area contributed by atoms with Crippen molar-refractivity contribution in [1.82, 2.24) is 0 Å². The molecule has 2 rings (SSSR count). The Bertz CT molecular complexity index is 345. The fourth-order valence-corrected chi connectivity index (χ4v) is 3.35. The zero-order valence-electron chi connectivity index (χ0n) is 9.49. The molecule has 0 spiro atoms. The molecular formula is C12H18O2S. The van der Waals surface area contributed by atoms with Gasteiger partial charge in [-0.05, 0) is 38.8 Å². The van der Waals surface area contributed by atoms with Gasteiger partial charge in [0, 0.05) is 15.7 Å². The number of hydrogen-bond donors (Lipinski definition) is 1. The van der Waals surface area contributed by atoms with Crippen molar-refractivity contribution in [2.45, 2.75) is 39.4 Å². The van der Waals surface area contributed by atoms with E-state index in [4.69, 9.17) is 4.74 Å². The molecule has 1 fully saturated rings. The smallest absolute Gasteiger partial charge is 0.0935 e. The molecule has 1 aromatic rings. The molecule has 1 aromatic heterocycles. The summed E-state index contributed by atoms with van der Waals surface area (Å²) in [5, 5.41) is 10.3. The van der Waals surface area contributed by atoms with E-state index >= 15 is 0 Å². The van der Waals surface area contributed by atoms with Gasteiger partial charge in [-0.15, -0.1) is 11.3 Å². The SMILES string of the molecule is Cc1cc(C)c(C(O)C2COC(C)C2)s1. The lowest BCUT2D eigenvalue weighted by molar-refractivity contribution is 0.0820. The second-order valence-corrected chi connectivity index (χ2v) is 5.78. The van der Waals surface area contributed by atoms with Gasteiger partial charge in [-0.1, -0.05) is 0 Å². The van der Waals surface area contributed by atoms with E-state index in [-0.39, 0.29) is 12.0 Å². The number of hydrogen-bond acceptors (Lipinski definition) is 3. The second kappa shape index (κ2) is 4.24. The van der Waals surface area contributed by atoms with Crippen LogP contribution in [0.25, 0.3) is 0 Å². The third-order valence-electron chi connectivity index (χ3n) is 3.02. The van der Waals surface area contributed by atoms with Crippen LogP contribution in [0.2, 0.25) is 0 Å². The average Bonchev–Trinajstić information content (AvgIpc) is 2.71. The van der Waals surface area contributed by atoms with E-state index in [0.29, 0.717) is 12.7 Å². The Morgan fingerprint density at radius 1 is 1.53 bits per heavy atom. The number of aliphatic hydroxyl groups is 1. The van der Waals surface area contributed by atoms with E-state index in [2.05, 4.69) is 26.8 Å². The van der Waals surface area contributed by atoms with Crippen LogP contribution in [0.5, 0.6) is 0 Å². The molecule has 0 saturated carbocycles. The van der Waals surface area contributed by atoms with Gasteiger partial charge in [0.05, 0.1) is 18.8 Å². The first kappa shape index (κ1) is 11.1. The molecule has 1 saturated heterocycles. The van der Waals surface area contributed by atoms with Crippen LogP contribution in [0.3, 0.4) is 0 Å². The summed E-state index contributed by atoms with van der Waals surface area (Å²) in [6.45, 7) is 6.92. The van der Waals surface area contributed by atoms with Gasteiger partial charge in [-0.25, -0.2) is 0 Å². The van der Waals surface area contributed by atoms with Crippen molar-refractivity contribution in [2.75, 3.05) is 6.61 Å². The number of rotatable bonds is 2. The molecule has 0 aliphatic carbocycles. The number of ether oxygens (including phenoxy) is 1. The fourth-order valence-electron chi connectivity index (χ4n) is 2.24. The van der Waals surface area contributed by atoms with Crippen LogP contribution in [0.1, 0.15) is 34.8 Å². The lowest BCUT2D eigenvalue weighted by Gasteiger charge is -2.15. The maximum absolute atomic E-state index is 10.3. The molecule has 84 valence electrons. The first-order valence-corrected chi connectivity index (χ1v) is 6.26. The minimum absolute atomic E-state index is 0.275. The standard InChI is InChI=1S/C12H18O2S/c1-7-4-9(3)15-12(7)11(13)10-5-8(2)14-6-10/h4,8,10-11,13H,5-6H2,1-3H3. The summed E-state index contributed by atoms with van der Waals surface area (Å²) in [7, 11) is 0. The van der Waals surface area contributed by atoms with Crippen LogP contribution in [-0.4, -0.2) is 17.8 Å². The highest BCUT2D eigenvalue weighted by Gasteiger charge is 2.30. The molecule has 3 unspecified atom stereocenters. The Morgan fingerprint density at radius 3 is 2.73 bits per heavy atom. The van der Waals surface area contributed by atoms with Crippen molar-refractivity contribution < 1.29 is 9.84 Å². The van der Waals surface area contributed by atoms with Crippen molar-refractivity contribution in [3.63, 3.8) is 0 Å². The Hall–Kier alpha value is -0.380. The van der Waals surface area contributed by atoms with Gasteiger partial charge in [-0.3, -0.25) is 0 Å². The number of aryl methyl sites for hydroxylation is 2. The molecule has 1 aliphatic heterocycles. The van der Waals surface area contributed by atoms with Crippen molar-refractivity contribution in [1.29, 1.82) is 0 Å². The largest absolute Gasteiger partial charge is 0.387 e. The Morgan fingerprint density at radius 2 is 2.27 bits per heavy atom. The van der Waals surface area contributed by atoms with Crippen LogP contribution < -0.4 is 0 Å². The van der Waals surface area contributed by atoms with Gasteiger partial charge in [0.15, 0.2) is 0 Å². The number of aliphatic hydroxyl groups excluding tert-OH is 1. The Labute approximate surface area is 94.9 Å². The monoisotopic (exact) mass is 226 g/mol. The van der Waals surface area contributed by atoms with Gasteiger partial charge >= 0.3 is 0 Å². The van der Waals surface area contributed by atoms with E-state index < -0.39 is 0 Å². The maximum atomic E-state index is 10.3. The van der Waals surface area contributed by atoms with Crippen molar-refractivity contribution in [3.8, 4) is 0 Å². The predicted octanol–water partition coefficient (Wildman–Crippen LogP) is 2.82. The molecule has 2 nitrogen and oxygen atoms in total. The summed E-state index contributed by atoms with van der Waals surface area (Å²) >= 11 is 1.70. The highest BCUT2D eigenvalue weighted by molar-refractivity contribution is 7.12. The first-order valence-electron chi connectivity index (χ1n) is 5.44. The predicted molar refractivity (Wildman–Crippen MR) is 62.3 cm³/mol. The molecule has 15 heavy (non-hydrogen) atoms. The van der Waals surface area contributed by atoms with Gasteiger partial charge in [-0.2, -0.15) is 0 Å². The molecule has 2 heterocycles. The van der Waals surface area contributed by atoms with Gasteiger partial charge in [0.2, 0.25) is 0 Å². The molecule has 0 bridgehead atoms. The van der Waals surface area contributed by atoms with Gasteiger partial charge in [0.25, 0.3) is 0 Å². The Balaban J connectivity index is 2.13. The van der Waals surface area contributed by atoms with E-state index in [1.54, 1.807) is 11.3 Å². The summed E-state index contributed by atoms with van der Waals surface area (Å²) in [5.41, 5.74) is 1.21. The molecule has 0 radical (unpaired) electrons. The highest BCUT2D eigenvalue weighted by atomic mass is 32.1. The lowest BCUT2D eigenvalue weighted by atomic mass is 9.97. The first-order chi connectivity index (χ1) is 7.08. The summed E-state index contributed by atoms with van der Waals surface area (Å²) < 4.78 is 5.50. The zero-order chi connectivity index (χ0) is 11.0.